The lowest BCUT2D eigenvalue weighted by molar-refractivity contribution is -0.0676. The van der Waals surface area contributed by atoms with Crippen LogP contribution >= 0.6 is 11.5 Å². The second kappa shape index (κ2) is 6.50. The predicted molar refractivity (Wildman–Crippen MR) is 107 cm³/mol. The molecule has 1 N–H and O–H groups in total. The largest absolute Gasteiger partial charge is 0.378 e. The molecule has 3 aliphatic rings. The number of amides is 1. The van der Waals surface area contributed by atoms with Gasteiger partial charge in [0, 0.05) is 49.5 Å². The highest BCUT2D eigenvalue weighted by atomic mass is 32.1. The Morgan fingerprint density at radius 2 is 2.35 bits per heavy atom. The molecule has 3 heterocycles. The first-order valence-corrected chi connectivity index (χ1v) is 10.3. The van der Waals surface area contributed by atoms with Crippen molar-refractivity contribution >= 4 is 29.6 Å². The number of carbonyl (C=O) groups excluding carboxylic acids is 1. The Morgan fingerprint density at radius 3 is 2.88 bits per heavy atom. The van der Waals surface area contributed by atoms with E-state index in [4.69, 9.17) is 0 Å². The number of hydrogen-bond donors (Lipinski definition) is 1. The van der Waals surface area contributed by atoms with E-state index in [1.54, 1.807) is 6.08 Å². The monoisotopic (exact) mass is 372 g/mol. The van der Waals surface area contributed by atoms with Gasteiger partial charge in [-0.05, 0) is 56.6 Å². The standard InChI is InChI=1S/C20H28N4OS/c1-5-14-17(11-13(3)23(4)6-2)26-22-18(14)19(25)21-16-12-24-10-9-20(24)8-7-15(16)20/h5,11,15-16H,1,6-10,12H2,2-4H3,(H,21,25)/b13-11+. The minimum atomic E-state index is -0.0492. The summed E-state index contributed by atoms with van der Waals surface area (Å²) in [5.74, 6) is 0.581. The van der Waals surface area contributed by atoms with Crippen molar-refractivity contribution in [3.8, 4) is 0 Å². The molecule has 0 bridgehead atoms. The van der Waals surface area contributed by atoms with Gasteiger partial charge in [0.25, 0.3) is 5.91 Å². The Kier molecular flexibility index (Phi) is 4.43. The molecule has 1 amide bonds. The number of aromatic nitrogens is 1. The first-order valence-electron chi connectivity index (χ1n) is 9.57. The summed E-state index contributed by atoms with van der Waals surface area (Å²) >= 11 is 1.38. The van der Waals surface area contributed by atoms with E-state index in [0.29, 0.717) is 17.2 Å². The third-order valence-corrected chi connectivity index (χ3v) is 7.64. The van der Waals surface area contributed by atoms with Crippen LogP contribution in [0.1, 0.15) is 54.0 Å². The van der Waals surface area contributed by atoms with Gasteiger partial charge in [0.2, 0.25) is 0 Å². The maximum Gasteiger partial charge on any atom is 0.271 e. The molecule has 6 heteroatoms. The molecule has 2 aliphatic heterocycles. The van der Waals surface area contributed by atoms with Crippen LogP contribution in [0.3, 0.4) is 0 Å². The van der Waals surface area contributed by atoms with Crippen LogP contribution in [0.25, 0.3) is 12.2 Å². The Bertz CT molecular complexity index is 766. The van der Waals surface area contributed by atoms with Gasteiger partial charge in [-0.3, -0.25) is 9.69 Å². The van der Waals surface area contributed by atoms with E-state index in [-0.39, 0.29) is 11.9 Å². The summed E-state index contributed by atoms with van der Waals surface area (Å²) in [7, 11) is 2.06. The van der Waals surface area contributed by atoms with Gasteiger partial charge in [0.05, 0.1) is 4.88 Å². The SMILES string of the molecule is C=Cc1c(C(=O)NC2CN3CCC34CCC24)nsc1/C=C(\C)N(C)CC. The van der Waals surface area contributed by atoms with E-state index in [9.17, 15) is 4.79 Å². The molecule has 3 atom stereocenters. The van der Waals surface area contributed by atoms with Gasteiger partial charge < -0.3 is 10.2 Å². The normalized spacial score (nSPS) is 30.0. The van der Waals surface area contributed by atoms with Crippen molar-refractivity contribution < 1.29 is 4.79 Å². The van der Waals surface area contributed by atoms with Crippen LogP contribution in [-0.2, 0) is 0 Å². The fourth-order valence-corrected chi connectivity index (χ4v) is 5.70. The first kappa shape index (κ1) is 17.7. The predicted octanol–water partition coefficient (Wildman–Crippen LogP) is 3.07. The third kappa shape index (κ3) is 2.54. The van der Waals surface area contributed by atoms with E-state index in [1.807, 2.05) is 0 Å². The van der Waals surface area contributed by atoms with Gasteiger partial charge in [-0.15, -0.1) is 0 Å². The molecule has 1 spiro atoms. The van der Waals surface area contributed by atoms with Crippen molar-refractivity contribution in [1.29, 1.82) is 0 Å². The van der Waals surface area contributed by atoms with Gasteiger partial charge in [-0.25, -0.2) is 0 Å². The van der Waals surface area contributed by atoms with Crippen LogP contribution in [0.15, 0.2) is 12.3 Å². The second-order valence-corrected chi connectivity index (χ2v) is 8.64. The molecule has 26 heavy (non-hydrogen) atoms. The first-order chi connectivity index (χ1) is 12.5. The maximum absolute atomic E-state index is 12.9. The van der Waals surface area contributed by atoms with Crippen LogP contribution in [0.2, 0.25) is 0 Å². The van der Waals surface area contributed by atoms with Crippen LogP contribution in [0.4, 0.5) is 0 Å². The molecule has 1 aromatic rings. The lowest BCUT2D eigenvalue weighted by Gasteiger charge is -2.58. The smallest absolute Gasteiger partial charge is 0.271 e. The molecule has 4 rings (SSSR count). The zero-order valence-corrected chi connectivity index (χ0v) is 16.7. The topological polar surface area (TPSA) is 48.5 Å². The van der Waals surface area contributed by atoms with Gasteiger partial charge in [0.1, 0.15) is 5.69 Å². The number of allylic oxidation sites excluding steroid dienone is 1. The van der Waals surface area contributed by atoms with Crippen LogP contribution in [0.5, 0.6) is 0 Å². The summed E-state index contributed by atoms with van der Waals surface area (Å²) in [5.41, 5.74) is 2.95. The molecule has 0 radical (unpaired) electrons. The highest BCUT2D eigenvalue weighted by molar-refractivity contribution is 7.07. The minimum absolute atomic E-state index is 0.0492. The average Bonchev–Trinajstić information content (AvgIpc) is 3.04. The van der Waals surface area contributed by atoms with Crippen molar-refractivity contribution in [3.05, 3.63) is 28.4 Å². The number of nitrogens with one attached hydrogen (secondary N) is 1. The average molecular weight is 373 g/mol. The zero-order chi connectivity index (χ0) is 18.5. The summed E-state index contributed by atoms with van der Waals surface area (Å²) in [6.07, 6.45) is 7.70. The quantitative estimate of drug-likeness (QED) is 0.834. The van der Waals surface area contributed by atoms with E-state index < -0.39 is 0 Å². The highest BCUT2D eigenvalue weighted by Crippen LogP contribution is 2.57. The Labute approximate surface area is 159 Å². The van der Waals surface area contributed by atoms with Crippen molar-refractivity contribution in [3.63, 3.8) is 0 Å². The van der Waals surface area contributed by atoms with E-state index in [1.165, 1.54) is 37.3 Å². The van der Waals surface area contributed by atoms with E-state index >= 15 is 0 Å². The van der Waals surface area contributed by atoms with Crippen molar-refractivity contribution in [2.45, 2.75) is 44.7 Å². The van der Waals surface area contributed by atoms with E-state index in [2.05, 4.69) is 53.0 Å². The molecule has 1 aromatic heterocycles. The lowest BCUT2D eigenvalue weighted by Crippen LogP contribution is -2.64. The zero-order valence-electron chi connectivity index (χ0n) is 15.9. The molecule has 1 aliphatic carbocycles. The van der Waals surface area contributed by atoms with Crippen molar-refractivity contribution in [2.75, 3.05) is 26.7 Å². The maximum atomic E-state index is 12.9. The third-order valence-electron chi connectivity index (χ3n) is 6.83. The van der Waals surface area contributed by atoms with Crippen molar-refractivity contribution in [2.24, 2.45) is 5.92 Å². The van der Waals surface area contributed by atoms with Crippen LogP contribution < -0.4 is 5.32 Å². The lowest BCUT2D eigenvalue weighted by atomic mass is 9.61. The van der Waals surface area contributed by atoms with E-state index in [0.717, 1.165) is 29.2 Å². The van der Waals surface area contributed by atoms with Gasteiger partial charge in [0.15, 0.2) is 0 Å². The number of hydrogen-bond acceptors (Lipinski definition) is 5. The molecule has 3 fully saturated rings. The fourth-order valence-electron chi connectivity index (χ4n) is 4.83. The van der Waals surface area contributed by atoms with Gasteiger partial charge in [-0.1, -0.05) is 12.7 Å². The Hall–Kier alpha value is -1.66. The summed E-state index contributed by atoms with van der Waals surface area (Å²) in [6.45, 7) is 11.2. The highest BCUT2D eigenvalue weighted by Gasteiger charge is 2.63. The Balaban J connectivity index is 1.51. The summed E-state index contributed by atoms with van der Waals surface area (Å²) in [6, 6.07) is 0.269. The summed E-state index contributed by atoms with van der Waals surface area (Å²) in [4.78, 5) is 18.7. The molecule has 5 nitrogen and oxygen atoms in total. The second-order valence-electron chi connectivity index (χ2n) is 7.84. The number of nitrogens with zero attached hydrogens (tertiary/aromatic N) is 3. The summed E-state index contributed by atoms with van der Waals surface area (Å²) in [5, 5.41) is 3.28. The number of carbonyl (C=O) groups is 1. The molecule has 0 aromatic carbocycles. The molecule has 3 unspecified atom stereocenters. The number of rotatable bonds is 6. The van der Waals surface area contributed by atoms with Crippen LogP contribution in [-0.4, -0.2) is 58.3 Å². The molecular formula is C20H28N4OS. The summed E-state index contributed by atoms with van der Waals surface area (Å²) < 4.78 is 4.46. The van der Waals surface area contributed by atoms with Crippen molar-refractivity contribution in [1.82, 2.24) is 19.5 Å². The van der Waals surface area contributed by atoms with Gasteiger partial charge >= 0.3 is 0 Å². The molecule has 2 saturated heterocycles. The Morgan fingerprint density at radius 1 is 1.54 bits per heavy atom. The minimum Gasteiger partial charge on any atom is -0.378 e. The fraction of sp³-hybridized carbons (Fsp3) is 0.600. The molecular weight excluding hydrogens is 344 g/mol. The molecule has 140 valence electrons. The van der Waals surface area contributed by atoms with Crippen LogP contribution in [0, 0.1) is 5.92 Å². The molecule has 1 saturated carbocycles. The van der Waals surface area contributed by atoms with Gasteiger partial charge in [-0.2, -0.15) is 4.37 Å².